The van der Waals surface area contributed by atoms with Gasteiger partial charge in [0.2, 0.25) is 0 Å². The highest BCUT2D eigenvalue weighted by Gasteiger charge is 2.03. The fraction of sp³-hybridized carbons (Fsp3) is 0.105. The number of pyridine rings is 1. The maximum absolute atomic E-state index is 11.1. The van der Waals surface area contributed by atoms with Gasteiger partial charge in [-0.1, -0.05) is 48.5 Å². The number of rotatable bonds is 4. The molecule has 0 unspecified atom stereocenters. The van der Waals surface area contributed by atoms with Crippen molar-refractivity contribution in [2.45, 2.75) is 6.42 Å². The van der Waals surface area contributed by atoms with Crippen molar-refractivity contribution < 1.29 is 8.42 Å². The molecule has 0 saturated heterocycles. The summed E-state index contributed by atoms with van der Waals surface area (Å²) >= 11 is 0. The van der Waals surface area contributed by atoms with Crippen LogP contribution >= 0.6 is 0 Å². The monoisotopic (exact) mass is 323 g/mol. The lowest BCUT2D eigenvalue weighted by molar-refractivity contribution is 0.610. The lowest BCUT2D eigenvalue weighted by Gasteiger charge is -2.06. The Labute approximate surface area is 136 Å². The van der Waals surface area contributed by atoms with Crippen LogP contribution in [0.15, 0.2) is 66.2 Å². The van der Waals surface area contributed by atoms with E-state index in [4.69, 9.17) is 0 Å². The highest BCUT2D eigenvalue weighted by atomic mass is 32.2. The van der Waals surface area contributed by atoms with Crippen molar-refractivity contribution in [3.8, 4) is 0 Å². The third-order valence-corrected chi connectivity index (χ3v) is 4.25. The molecule has 0 radical (unpaired) electrons. The molecule has 3 aromatic rings. The Balaban J connectivity index is 1.84. The Morgan fingerprint density at radius 3 is 2.48 bits per heavy atom. The number of hydrogen-bond donors (Lipinski definition) is 0. The van der Waals surface area contributed by atoms with Crippen molar-refractivity contribution >= 4 is 26.7 Å². The second-order valence-corrected chi connectivity index (χ2v) is 7.46. The molecule has 23 heavy (non-hydrogen) atoms. The zero-order chi connectivity index (χ0) is 16.3. The van der Waals surface area contributed by atoms with E-state index in [0.717, 1.165) is 28.6 Å². The first-order valence-electron chi connectivity index (χ1n) is 7.31. The maximum Gasteiger partial charge on any atom is 0.168 e. The van der Waals surface area contributed by atoms with E-state index in [1.54, 1.807) is 6.08 Å². The van der Waals surface area contributed by atoms with Crippen molar-refractivity contribution in [1.82, 2.24) is 4.98 Å². The SMILES string of the molecule is CS(=O)(=O)/C=C/c1ccc(Cc2nccc3ccccc23)cc1. The molecular formula is C19H17NO2S. The summed E-state index contributed by atoms with van der Waals surface area (Å²) in [6.07, 6.45) is 5.37. The Morgan fingerprint density at radius 1 is 1.00 bits per heavy atom. The van der Waals surface area contributed by atoms with E-state index in [1.807, 2.05) is 48.7 Å². The molecule has 0 amide bonds. The molecule has 0 N–H and O–H groups in total. The van der Waals surface area contributed by atoms with Gasteiger partial charge in [-0.05, 0) is 28.7 Å². The minimum absolute atomic E-state index is 0.747. The number of hydrogen-bond acceptors (Lipinski definition) is 3. The van der Waals surface area contributed by atoms with E-state index < -0.39 is 9.84 Å². The molecule has 0 atom stereocenters. The lowest BCUT2D eigenvalue weighted by atomic mass is 10.0. The Hall–Kier alpha value is -2.46. The number of fused-ring (bicyclic) bond motifs is 1. The second-order valence-electron chi connectivity index (χ2n) is 5.53. The van der Waals surface area contributed by atoms with Gasteiger partial charge in [0, 0.05) is 29.7 Å². The number of sulfone groups is 1. The largest absolute Gasteiger partial charge is 0.260 e. The molecule has 1 heterocycles. The minimum atomic E-state index is -3.10. The molecule has 0 aliphatic carbocycles. The van der Waals surface area contributed by atoms with Crippen LogP contribution in [-0.4, -0.2) is 19.7 Å². The summed E-state index contributed by atoms with van der Waals surface area (Å²) in [6.45, 7) is 0. The van der Waals surface area contributed by atoms with Crippen LogP contribution in [0.3, 0.4) is 0 Å². The van der Waals surface area contributed by atoms with Crippen molar-refractivity contribution in [3.05, 3.63) is 83.0 Å². The number of nitrogens with zero attached hydrogens (tertiary/aromatic N) is 1. The van der Waals surface area contributed by atoms with Crippen LogP contribution in [0.2, 0.25) is 0 Å². The molecule has 1 aromatic heterocycles. The van der Waals surface area contributed by atoms with E-state index in [1.165, 1.54) is 17.1 Å². The molecule has 3 nitrogen and oxygen atoms in total. The Morgan fingerprint density at radius 2 is 1.74 bits per heavy atom. The van der Waals surface area contributed by atoms with Crippen LogP contribution in [0.25, 0.3) is 16.8 Å². The summed E-state index contributed by atoms with van der Waals surface area (Å²) < 4.78 is 22.3. The highest BCUT2D eigenvalue weighted by Crippen LogP contribution is 2.19. The van der Waals surface area contributed by atoms with Gasteiger partial charge in [-0.3, -0.25) is 4.98 Å². The van der Waals surface area contributed by atoms with Crippen molar-refractivity contribution in [3.63, 3.8) is 0 Å². The third kappa shape index (κ3) is 4.05. The molecule has 0 fully saturated rings. The molecule has 2 aromatic carbocycles. The van der Waals surface area contributed by atoms with Crippen molar-refractivity contribution in [1.29, 1.82) is 0 Å². The maximum atomic E-state index is 11.1. The molecule has 0 aliphatic heterocycles. The van der Waals surface area contributed by atoms with Gasteiger partial charge in [0.15, 0.2) is 9.84 Å². The molecule has 116 valence electrons. The van der Waals surface area contributed by atoms with Gasteiger partial charge < -0.3 is 0 Å². The van der Waals surface area contributed by atoms with E-state index in [9.17, 15) is 8.42 Å². The first-order chi connectivity index (χ1) is 11.0. The predicted octanol–water partition coefficient (Wildman–Crippen LogP) is 3.84. The summed E-state index contributed by atoms with van der Waals surface area (Å²) in [6, 6.07) is 18.1. The molecule has 4 heteroatoms. The Bertz CT molecular complexity index is 953. The van der Waals surface area contributed by atoms with Crippen LogP contribution in [0.4, 0.5) is 0 Å². The molecular weight excluding hydrogens is 306 g/mol. The fourth-order valence-electron chi connectivity index (χ4n) is 2.47. The topological polar surface area (TPSA) is 47.0 Å². The van der Waals surface area contributed by atoms with Gasteiger partial charge in [-0.15, -0.1) is 0 Å². The zero-order valence-corrected chi connectivity index (χ0v) is 13.6. The van der Waals surface area contributed by atoms with E-state index in [0.29, 0.717) is 0 Å². The fourth-order valence-corrected chi connectivity index (χ4v) is 2.87. The van der Waals surface area contributed by atoms with Crippen LogP contribution in [0, 0.1) is 0 Å². The lowest BCUT2D eigenvalue weighted by Crippen LogP contribution is -1.93. The second kappa shape index (κ2) is 6.34. The number of benzene rings is 2. The molecule has 3 rings (SSSR count). The quantitative estimate of drug-likeness (QED) is 0.733. The van der Waals surface area contributed by atoms with Crippen molar-refractivity contribution in [2.75, 3.05) is 6.26 Å². The summed E-state index contributed by atoms with van der Waals surface area (Å²) in [4.78, 5) is 4.50. The average molecular weight is 323 g/mol. The summed E-state index contributed by atoms with van der Waals surface area (Å²) in [5.41, 5.74) is 3.05. The van der Waals surface area contributed by atoms with Gasteiger partial charge in [0.25, 0.3) is 0 Å². The minimum Gasteiger partial charge on any atom is -0.260 e. The van der Waals surface area contributed by atoms with Gasteiger partial charge in [-0.2, -0.15) is 0 Å². The first-order valence-corrected chi connectivity index (χ1v) is 9.26. The van der Waals surface area contributed by atoms with Crippen LogP contribution in [0.5, 0.6) is 0 Å². The van der Waals surface area contributed by atoms with Gasteiger partial charge in [-0.25, -0.2) is 8.42 Å². The molecule has 0 saturated carbocycles. The summed E-state index contributed by atoms with van der Waals surface area (Å²) in [5.74, 6) is 0. The van der Waals surface area contributed by atoms with Crippen LogP contribution in [-0.2, 0) is 16.3 Å². The predicted molar refractivity (Wildman–Crippen MR) is 94.9 cm³/mol. The van der Waals surface area contributed by atoms with E-state index in [2.05, 4.69) is 17.1 Å². The van der Waals surface area contributed by atoms with Crippen molar-refractivity contribution in [2.24, 2.45) is 0 Å². The standard InChI is InChI=1S/C19H17NO2S/c1-23(21,22)13-11-15-6-8-16(9-7-15)14-19-18-5-3-2-4-17(18)10-12-20-19/h2-13H,14H2,1H3/b13-11+. The Kier molecular flexibility index (Phi) is 4.26. The molecule has 0 bridgehead atoms. The summed E-state index contributed by atoms with van der Waals surface area (Å²) in [7, 11) is -3.10. The smallest absolute Gasteiger partial charge is 0.168 e. The highest BCUT2D eigenvalue weighted by molar-refractivity contribution is 7.93. The average Bonchev–Trinajstić information content (AvgIpc) is 2.54. The van der Waals surface area contributed by atoms with Gasteiger partial charge in [0.1, 0.15) is 0 Å². The van der Waals surface area contributed by atoms with E-state index >= 15 is 0 Å². The third-order valence-electron chi connectivity index (χ3n) is 3.62. The van der Waals surface area contributed by atoms with Crippen LogP contribution in [0.1, 0.15) is 16.8 Å². The van der Waals surface area contributed by atoms with Crippen LogP contribution < -0.4 is 0 Å². The summed E-state index contributed by atoms with van der Waals surface area (Å²) in [5, 5.41) is 3.56. The van der Waals surface area contributed by atoms with Gasteiger partial charge >= 0.3 is 0 Å². The first kappa shape index (κ1) is 15.4. The van der Waals surface area contributed by atoms with Gasteiger partial charge in [0.05, 0.1) is 5.69 Å². The number of aromatic nitrogens is 1. The molecule has 0 aliphatic rings. The zero-order valence-electron chi connectivity index (χ0n) is 12.8. The van der Waals surface area contributed by atoms with E-state index in [-0.39, 0.29) is 0 Å². The molecule has 0 spiro atoms. The normalized spacial score (nSPS) is 12.0.